The molecule has 0 aromatic heterocycles. The van der Waals surface area contributed by atoms with E-state index >= 15 is 0 Å². The van der Waals surface area contributed by atoms with Crippen LogP contribution in [0.1, 0.15) is 10.4 Å². The van der Waals surface area contributed by atoms with E-state index in [0.717, 1.165) is 0 Å². The molecule has 0 bridgehead atoms. The molecule has 0 radical (unpaired) electrons. The topological polar surface area (TPSA) is 95.5 Å². The van der Waals surface area contributed by atoms with Crippen LogP contribution in [0.5, 0.6) is 5.75 Å². The average molecular weight is 403 g/mol. The number of anilines is 2. The molecule has 0 spiro atoms. The first-order chi connectivity index (χ1) is 12.8. The van der Waals surface area contributed by atoms with Gasteiger partial charge in [-0.1, -0.05) is 29.8 Å². The summed E-state index contributed by atoms with van der Waals surface area (Å²) < 4.78 is 27.3. The lowest BCUT2D eigenvalue weighted by Gasteiger charge is -2.10. The number of nitrogens with one attached hydrogen (secondary N) is 2. The second-order valence-corrected chi connectivity index (χ2v) is 7.73. The number of hydrogen-bond donors (Lipinski definition) is 3. The van der Waals surface area contributed by atoms with Gasteiger partial charge >= 0.3 is 0 Å². The summed E-state index contributed by atoms with van der Waals surface area (Å²) in [4.78, 5) is 12.3. The van der Waals surface area contributed by atoms with E-state index in [1.807, 2.05) is 0 Å². The van der Waals surface area contributed by atoms with Crippen LogP contribution < -0.4 is 10.0 Å². The second-order valence-electron chi connectivity index (χ2n) is 5.61. The Hall–Kier alpha value is -3.03. The number of carbonyl (C=O) groups excluding carboxylic acids is 1. The van der Waals surface area contributed by atoms with Crippen molar-refractivity contribution in [1.82, 2.24) is 0 Å². The third-order valence-corrected chi connectivity index (χ3v) is 5.28. The molecule has 0 atom stereocenters. The van der Waals surface area contributed by atoms with Gasteiger partial charge in [0.05, 0.1) is 10.5 Å². The van der Waals surface area contributed by atoms with Gasteiger partial charge in [0.1, 0.15) is 5.75 Å². The molecule has 3 N–H and O–H groups in total. The highest BCUT2D eigenvalue weighted by Crippen LogP contribution is 2.23. The zero-order chi connectivity index (χ0) is 19.4. The molecule has 3 aromatic carbocycles. The van der Waals surface area contributed by atoms with Crippen molar-refractivity contribution in [1.29, 1.82) is 0 Å². The fraction of sp³-hybridized carbons (Fsp3) is 0. The number of sulfonamides is 1. The van der Waals surface area contributed by atoms with Crippen molar-refractivity contribution in [2.24, 2.45) is 0 Å². The Morgan fingerprint density at radius 3 is 2.22 bits per heavy atom. The van der Waals surface area contributed by atoms with Gasteiger partial charge in [-0.15, -0.1) is 0 Å². The van der Waals surface area contributed by atoms with Gasteiger partial charge < -0.3 is 10.4 Å². The van der Waals surface area contributed by atoms with Gasteiger partial charge in [-0.25, -0.2) is 8.42 Å². The molecule has 0 aliphatic rings. The summed E-state index contributed by atoms with van der Waals surface area (Å²) in [5, 5.41) is 12.7. The minimum atomic E-state index is -3.74. The number of phenolic OH excluding ortho intramolecular Hbond substituents is 1. The summed E-state index contributed by atoms with van der Waals surface area (Å²) in [5.74, 6) is -0.767. The van der Waals surface area contributed by atoms with Crippen LogP contribution in [0.2, 0.25) is 5.02 Å². The largest absolute Gasteiger partial charge is 0.507 e. The van der Waals surface area contributed by atoms with E-state index < -0.39 is 15.9 Å². The number of para-hydroxylation sites is 1. The van der Waals surface area contributed by atoms with Gasteiger partial charge in [-0.05, 0) is 54.6 Å². The third kappa shape index (κ3) is 4.58. The smallest absolute Gasteiger partial charge is 0.261 e. The van der Waals surface area contributed by atoms with Crippen molar-refractivity contribution < 1.29 is 18.3 Å². The van der Waals surface area contributed by atoms with Gasteiger partial charge in [0.2, 0.25) is 0 Å². The monoisotopic (exact) mass is 402 g/mol. The zero-order valence-corrected chi connectivity index (χ0v) is 15.5. The molecule has 8 heteroatoms. The fourth-order valence-electron chi connectivity index (χ4n) is 2.33. The van der Waals surface area contributed by atoms with Crippen molar-refractivity contribution in [3.63, 3.8) is 0 Å². The highest BCUT2D eigenvalue weighted by Gasteiger charge is 2.15. The van der Waals surface area contributed by atoms with Crippen molar-refractivity contribution in [3.8, 4) is 5.75 Å². The lowest BCUT2D eigenvalue weighted by molar-refractivity contribution is 0.102. The number of benzene rings is 3. The molecule has 1 amide bonds. The van der Waals surface area contributed by atoms with E-state index in [2.05, 4.69) is 10.0 Å². The van der Waals surface area contributed by atoms with Crippen molar-refractivity contribution in [3.05, 3.63) is 83.4 Å². The van der Waals surface area contributed by atoms with Crippen molar-refractivity contribution in [2.75, 3.05) is 10.0 Å². The van der Waals surface area contributed by atoms with Crippen LogP contribution in [0, 0.1) is 0 Å². The Morgan fingerprint density at radius 1 is 0.889 bits per heavy atom. The predicted molar refractivity (Wildman–Crippen MR) is 105 cm³/mol. The molecule has 0 saturated heterocycles. The number of aromatic hydroxyl groups is 1. The van der Waals surface area contributed by atoms with E-state index in [9.17, 15) is 18.3 Å². The minimum absolute atomic E-state index is 0.0185. The van der Waals surface area contributed by atoms with Gasteiger partial charge in [-0.2, -0.15) is 0 Å². The van der Waals surface area contributed by atoms with Crippen molar-refractivity contribution in [2.45, 2.75) is 4.90 Å². The molecule has 0 aliphatic heterocycles. The molecule has 6 nitrogen and oxygen atoms in total. The molecule has 0 aliphatic carbocycles. The van der Waals surface area contributed by atoms with Crippen LogP contribution in [0.15, 0.2) is 77.7 Å². The third-order valence-electron chi connectivity index (χ3n) is 3.65. The summed E-state index contributed by atoms with van der Waals surface area (Å²) >= 11 is 5.84. The Bertz CT molecular complexity index is 1070. The van der Waals surface area contributed by atoms with Crippen LogP contribution in [-0.4, -0.2) is 19.4 Å². The minimum Gasteiger partial charge on any atom is -0.507 e. The summed E-state index contributed by atoms with van der Waals surface area (Å²) in [7, 11) is -3.74. The molecular formula is C19H15ClN2O4S. The predicted octanol–water partition coefficient (Wildman–Crippen LogP) is 4.10. The Balaban J connectivity index is 1.75. The zero-order valence-electron chi connectivity index (χ0n) is 13.9. The first-order valence-corrected chi connectivity index (χ1v) is 9.69. The molecule has 0 heterocycles. The first kappa shape index (κ1) is 18.8. The van der Waals surface area contributed by atoms with Crippen LogP contribution >= 0.6 is 11.6 Å². The summed E-state index contributed by atoms with van der Waals surface area (Å²) in [5.41, 5.74) is 0.842. The first-order valence-electron chi connectivity index (χ1n) is 7.83. The van der Waals surface area contributed by atoms with Gasteiger partial charge in [0.15, 0.2) is 0 Å². The fourth-order valence-corrected chi connectivity index (χ4v) is 3.56. The molecule has 27 heavy (non-hydrogen) atoms. The lowest BCUT2D eigenvalue weighted by atomic mass is 10.2. The van der Waals surface area contributed by atoms with E-state index in [-0.39, 0.29) is 16.2 Å². The normalized spacial score (nSPS) is 11.0. The molecule has 0 saturated carbocycles. The van der Waals surface area contributed by atoms with Gasteiger partial charge in [0.25, 0.3) is 15.9 Å². The highest BCUT2D eigenvalue weighted by molar-refractivity contribution is 7.92. The summed E-state index contributed by atoms with van der Waals surface area (Å²) in [6, 6.07) is 18.3. The highest BCUT2D eigenvalue weighted by atomic mass is 35.5. The van der Waals surface area contributed by atoms with E-state index in [0.29, 0.717) is 16.4 Å². The number of carbonyl (C=O) groups is 1. The van der Waals surface area contributed by atoms with E-state index in [1.54, 1.807) is 30.3 Å². The molecule has 138 valence electrons. The lowest BCUT2D eigenvalue weighted by Crippen LogP contribution is -2.14. The maximum absolute atomic E-state index is 12.4. The maximum atomic E-state index is 12.4. The van der Waals surface area contributed by atoms with Crippen LogP contribution in [0.3, 0.4) is 0 Å². The molecule has 3 rings (SSSR count). The molecule has 0 unspecified atom stereocenters. The standard InChI is InChI=1S/C19H15ClN2O4S/c20-13-6-11-18(23)17(12-13)19(24)21-14-7-9-16(10-8-14)27(25,26)22-15-4-2-1-3-5-15/h1-12,22-23H,(H,21,24). The molecule has 0 fully saturated rings. The van der Waals surface area contributed by atoms with Crippen LogP contribution in [0.4, 0.5) is 11.4 Å². The van der Waals surface area contributed by atoms with Gasteiger partial charge in [-0.3, -0.25) is 9.52 Å². The second kappa shape index (κ2) is 7.69. The Kier molecular flexibility index (Phi) is 5.34. The Morgan fingerprint density at radius 2 is 1.56 bits per heavy atom. The number of rotatable bonds is 5. The number of halogens is 1. The van der Waals surface area contributed by atoms with Crippen LogP contribution in [-0.2, 0) is 10.0 Å². The quantitative estimate of drug-likeness (QED) is 0.598. The SMILES string of the molecule is O=C(Nc1ccc(S(=O)(=O)Nc2ccccc2)cc1)c1cc(Cl)ccc1O. The van der Waals surface area contributed by atoms with E-state index in [1.165, 1.54) is 42.5 Å². The molecule has 3 aromatic rings. The number of amides is 1. The summed E-state index contributed by atoms with van der Waals surface area (Å²) in [6.45, 7) is 0. The van der Waals surface area contributed by atoms with Gasteiger partial charge in [0, 0.05) is 16.4 Å². The Labute approximate surface area is 161 Å². The average Bonchev–Trinajstić information content (AvgIpc) is 2.64. The van der Waals surface area contributed by atoms with Crippen LogP contribution in [0.25, 0.3) is 0 Å². The van der Waals surface area contributed by atoms with Crippen molar-refractivity contribution >= 4 is 38.9 Å². The maximum Gasteiger partial charge on any atom is 0.261 e. The summed E-state index contributed by atoms with van der Waals surface area (Å²) in [6.07, 6.45) is 0. The number of phenols is 1. The van der Waals surface area contributed by atoms with E-state index in [4.69, 9.17) is 11.6 Å². The molecular weight excluding hydrogens is 388 g/mol. The number of hydrogen-bond acceptors (Lipinski definition) is 4.